The molecule has 8 fully saturated rings. The van der Waals surface area contributed by atoms with Gasteiger partial charge in [0, 0.05) is 194 Å². The Labute approximate surface area is 707 Å². The number of hydrogen-bond donors (Lipinski definition) is 16. The Hall–Kier alpha value is -0.860. The van der Waals surface area contributed by atoms with Crippen molar-refractivity contribution in [2.24, 2.45) is 65.1 Å². The van der Waals surface area contributed by atoms with Crippen molar-refractivity contribution in [1.82, 2.24) is 10.6 Å². The average molecular weight is 1770 g/mol. The fourth-order valence-electron chi connectivity index (χ4n) is 20.2. The van der Waals surface area contributed by atoms with Gasteiger partial charge >= 0.3 is 0 Å². The molecule has 2 saturated carbocycles. The van der Waals surface area contributed by atoms with Crippen LogP contribution in [0.4, 0.5) is 0 Å². The Morgan fingerprint density at radius 1 is 0.277 bits per heavy atom. The molecule has 39 nitrogen and oxygen atoms in total. The predicted molar refractivity (Wildman–Crippen MR) is 422 cm³/mol. The van der Waals surface area contributed by atoms with Crippen LogP contribution in [0.1, 0.15) is 33.1 Å². The first-order valence-corrected chi connectivity index (χ1v) is 43.6. The summed E-state index contributed by atoms with van der Waals surface area (Å²) in [5, 5.41) is 160. The van der Waals surface area contributed by atoms with E-state index in [-0.39, 0.29) is 96.5 Å². The lowest BCUT2D eigenvalue weighted by Crippen LogP contribution is -2.70. The molecule has 6 heterocycles. The van der Waals surface area contributed by atoms with Gasteiger partial charge in [0.05, 0.1) is 176 Å². The van der Waals surface area contributed by atoms with Crippen molar-refractivity contribution < 1.29 is 180 Å². The number of aliphatic hydroxyl groups excluding tert-OH is 14. The highest BCUT2D eigenvalue weighted by atomic mass is 32.2. The van der Waals surface area contributed by atoms with Crippen molar-refractivity contribution in [3.63, 3.8) is 0 Å². The van der Waals surface area contributed by atoms with Crippen LogP contribution in [0.5, 0.6) is 0 Å². The van der Waals surface area contributed by atoms with Gasteiger partial charge in [0.2, 0.25) is 0 Å². The Morgan fingerprint density at radius 3 is 1.13 bits per heavy atom. The molecular weight excluding hydrogens is 1620 g/mol. The largest absolute Gasteiger partial charge is 0.396 e. The Kier molecular flexibility index (Phi) is 45.3. The van der Waals surface area contributed by atoms with E-state index >= 15 is 0 Å². The first-order valence-electron chi connectivity index (χ1n) is 41.5. The summed E-state index contributed by atoms with van der Waals surface area (Å²) in [6.45, 7) is -0.755. The van der Waals surface area contributed by atoms with Crippen molar-refractivity contribution in [1.29, 1.82) is 0 Å². The monoisotopic (exact) mass is 1760 g/mol. The second-order valence-electron chi connectivity index (χ2n) is 31.9. The van der Waals surface area contributed by atoms with Crippen molar-refractivity contribution >= 4 is 23.5 Å². The molecular formula is C78H144N2O37S2. The molecule has 8 rings (SSSR count). The molecule has 0 aromatic heterocycles. The Morgan fingerprint density at radius 2 is 0.639 bits per heavy atom. The zero-order valence-corrected chi connectivity index (χ0v) is 72.9. The minimum atomic E-state index is -1.45. The zero-order valence-electron chi connectivity index (χ0n) is 71.3. The number of ether oxygens (including phenoxy) is 23. The van der Waals surface area contributed by atoms with E-state index in [1.54, 1.807) is 51.8 Å². The summed E-state index contributed by atoms with van der Waals surface area (Å²) in [5.74, 6) is -6.91. The fraction of sp³-hybridized carbons (Fsp3) is 1.00. The molecule has 0 bridgehead atoms. The predicted octanol–water partition coefficient (Wildman–Crippen LogP) is -5.27. The van der Waals surface area contributed by atoms with E-state index in [9.17, 15) is 71.5 Å². The molecule has 0 aromatic carbocycles. The standard InChI is InChI=1S/C78H144N2O37S2/c1-37-54(42(27-86)67(105-13)77(109-37)114-59-45(30-89)68(106-14)78(112-51(59)17-20-83)115-58-44(29-88)66(104-12)74(94)110-50(58)16-19-82)79-57-60(98-6)41(26-85)40(25-84)39(15-18-81)71(57)118-23-21-107-22-24-119-72-49(34-95-3)65(103-11)62(100-8)43(28-87)56(72)80-55-38(2)108-75(47(32-91)61(55)99-7)116-70-53(36-97-5)113-76(48(33-92)64(70)102-10)117-69-52(35-96-4)111-73(93)46(31-90)63(69)101-9/h37-94H,15-36H2,1-14H3/t37?,38?,39?,40-,41+,42+,43?,44+,45+,46?,47?,48?,49?,50?,51?,52?,53?,54-,55+,56+,57-,58+,59+,60?,61+,62+,63+,64+,65+,66?,67?,68?,69+,70+,71?,72?,73?,74?,75+,76+,77-,78-/m0/s1. The first-order chi connectivity index (χ1) is 57.7. The molecule has 0 radical (unpaired) electrons. The number of aliphatic hydroxyl groups is 14. The lowest BCUT2D eigenvalue weighted by molar-refractivity contribution is -0.369. The van der Waals surface area contributed by atoms with Gasteiger partial charge in [-0.2, -0.15) is 23.5 Å². The Bertz CT molecular complexity index is 2570. The number of hydrogen-bond acceptors (Lipinski definition) is 41. The van der Waals surface area contributed by atoms with E-state index in [0.717, 1.165) is 0 Å². The van der Waals surface area contributed by atoms with E-state index in [1.807, 2.05) is 6.92 Å². The van der Waals surface area contributed by atoms with Gasteiger partial charge in [0.15, 0.2) is 37.7 Å². The summed E-state index contributed by atoms with van der Waals surface area (Å²) in [5.41, 5.74) is 0. The number of rotatable bonds is 50. The summed E-state index contributed by atoms with van der Waals surface area (Å²) in [6, 6.07) is -2.57. The van der Waals surface area contributed by atoms with Gasteiger partial charge in [-0.1, -0.05) is 0 Å². The molecule has 119 heavy (non-hydrogen) atoms. The van der Waals surface area contributed by atoms with Crippen molar-refractivity contribution in [2.45, 2.75) is 221 Å². The molecule has 0 spiro atoms. The van der Waals surface area contributed by atoms with Gasteiger partial charge in [-0.05, 0) is 44.9 Å². The maximum Gasteiger partial charge on any atom is 0.185 e. The first kappa shape index (κ1) is 104. The van der Waals surface area contributed by atoms with Crippen LogP contribution in [0, 0.1) is 65.1 Å². The van der Waals surface area contributed by atoms with Crippen LogP contribution in [0.3, 0.4) is 0 Å². The highest BCUT2D eigenvalue weighted by Crippen LogP contribution is 2.48. The summed E-state index contributed by atoms with van der Waals surface area (Å²) in [4.78, 5) is 0. The van der Waals surface area contributed by atoms with Crippen LogP contribution >= 0.6 is 23.5 Å². The highest BCUT2D eigenvalue weighted by molar-refractivity contribution is 8.00. The number of thioether (sulfide) groups is 2. The van der Waals surface area contributed by atoms with E-state index in [2.05, 4.69) is 10.6 Å². The lowest BCUT2D eigenvalue weighted by Gasteiger charge is -2.54. The summed E-state index contributed by atoms with van der Waals surface area (Å²) in [6.07, 6.45) is -24.6. The normalized spacial score (nSPS) is 44.4. The molecule has 16 N–H and O–H groups in total. The molecule has 0 amide bonds. The second kappa shape index (κ2) is 52.1. The third-order valence-corrected chi connectivity index (χ3v) is 28.7. The molecule has 20 unspecified atom stereocenters. The van der Waals surface area contributed by atoms with Crippen molar-refractivity contribution in [3.8, 4) is 0 Å². The minimum Gasteiger partial charge on any atom is -0.396 e. The summed E-state index contributed by atoms with van der Waals surface area (Å²) >= 11 is 3.15. The van der Waals surface area contributed by atoms with Crippen molar-refractivity contribution in [3.05, 3.63) is 0 Å². The molecule has 8 aliphatic rings. The Balaban J connectivity index is 0.973. The number of methoxy groups -OCH3 is 12. The third-order valence-electron chi connectivity index (χ3n) is 25.9. The van der Waals surface area contributed by atoms with Gasteiger partial charge in [-0.3, -0.25) is 0 Å². The summed E-state index contributed by atoms with van der Waals surface area (Å²) in [7, 11) is 17.8. The number of nitrogens with one attached hydrogen (secondary N) is 2. The van der Waals surface area contributed by atoms with Gasteiger partial charge in [0.25, 0.3) is 0 Å². The van der Waals surface area contributed by atoms with E-state index in [4.69, 9.17) is 109 Å². The van der Waals surface area contributed by atoms with Gasteiger partial charge in [-0.25, -0.2) is 0 Å². The molecule has 0 aromatic rings. The quantitative estimate of drug-likeness (QED) is 0.0253. The van der Waals surface area contributed by atoms with Crippen LogP contribution in [0.15, 0.2) is 0 Å². The molecule has 41 heteroatoms. The smallest absolute Gasteiger partial charge is 0.185 e. The van der Waals surface area contributed by atoms with Crippen molar-refractivity contribution in [2.75, 3.05) is 209 Å². The molecule has 6 saturated heterocycles. The average Bonchev–Trinajstić information content (AvgIpc) is 0.763. The fourth-order valence-corrected chi connectivity index (χ4v) is 23.1. The molecule has 6 aliphatic heterocycles. The van der Waals surface area contributed by atoms with E-state index in [1.165, 1.54) is 64.0 Å². The highest BCUT2D eigenvalue weighted by Gasteiger charge is 2.61. The lowest BCUT2D eigenvalue weighted by atomic mass is 9.67. The third kappa shape index (κ3) is 23.9. The van der Waals surface area contributed by atoms with Crippen LogP contribution in [-0.4, -0.2) is 469 Å². The zero-order chi connectivity index (χ0) is 86.9. The maximum atomic E-state index is 11.6. The molecule has 2 aliphatic carbocycles. The van der Waals surface area contributed by atoms with Gasteiger partial charge in [0.1, 0.15) is 42.7 Å². The molecule has 42 atom stereocenters. The van der Waals surface area contributed by atoms with Crippen LogP contribution in [0.2, 0.25) is 0 Å². The SMILES string of the molecule is COCC1OC(O)C(CO)[C@@H](OC)[C@@H]1O[C@H]1OC(COC)[C@@H](O[C@H]2OC(C)[C@@H](N[C@H]3C(SCCOCCSC4C(CCO)[C@H](CO)[C@@H](CO)C(OC)[C@@H]4N[C@H]4C(C)O[C@@H](O[C@H]5C(CCO)O[C@@H](O[C@H]6C(CCO)OC(O)C(OC)[C@@H]6CO)C(OC)[C@@H]5CO)C(OC)[C@@H]4CO)C(COC)[C@@H](OC)[C@H](OC)C3CO)[C@H](OC)C2CO)[C@H](OC)C1CO. The minimum absolute atomic E-state index is 0.00978. The van der Waals surface area contributed by atoms with Crippen LogP contribution in [-0.2, 0) is 109 Å². The second-order valence-corrected chi connectivity index (χ2v) is 34.5. The van der Waals surface area contributed by atoms with Gasteiger partial charge in [-0.15, -0.1) is 0 Å². The topological polar surface area (TPSA) is 520 Å². The van der Waals surface area contributed by atoms with E-state index < -0.39 is 289 Å². The van der Waals surface area contributed by atoms with Crippen LogP contribution in [0.25, 0.3) is 0 Å². The summed E-state index contributed by atoms with van der Waals surface area (Å²) < 4.78 is 144. The maximum absolute atomic E-state index is 11.6. The molecule has 700 valence electrons. The van der Waals surface area contributed by atoms with Crippen LogP contribution < -0.4 is 10.6 Å². The van der Waals surface area contributed by atoms with Gasteiger partial charge < -0.3 is 191 Å². The van der Waals surface area contributed by atoms with E-state index in [0.29, 0.717) is 11.5 Å².